The van der Waals surface area contributed by atoms with Gasteiger partial charge in [-0.15, -0.1) is 0 Å². The summed E-state index contributed by atoms with van der Waals surface area (Å²) in [7, 11) is 0. The van der Waals surface area contributed by atoms with E-state index in [1.54, 1.807) is 0 Å². The second kappa shape index (κ2) is 6.97. The number of piperidine rings is 1. The average molecular weight is 294 g/mol. The van der Waals surface area contributed by atoms with Crippen molar-refractivity contribution < 1.29 is 5.11 Å². The summed E-state index contributed by atoms with van der Waals surface area (Å²) >= 11 is 0. The van der Waals surface area contributed by atoms with E-state index in [4.69, 9.17) is 0 Å². The standard InChI is InChI=1S/C18H34N2O/c1-3-15-7-8-18(21)16(10-15)12-20-13-17-6-4-5-9-19(17)11-14(20)2/h14-18,21H,3-13H2,1-2H3. The zero-order valence-corrected chi connectivity index (χ0v) is 14.0. The van der Waals surface area contributed by atoms with Crippen LogP contribution in [0.2, 0.25) is 0 Å². The fraction of sp³-hybridized carbons (Fsp3) is 1.00. The van der Waals surface area contributed by atoms with Crippen LogP contribution in [0.3, 0.4) is 0 Å². The lowest BCUT2D eigenvalue weighted by Crippen LogP contribution is -2.60. The maximum absolute atomic E-state index is 10.4. The molecule has 0 aromatic carbocycles. The van der Waals surface area contributed by atoms with Gasteiger partial charge in [-0.05, 0) is 57.4 Å². The van der Waals surface area contributed by atoms with Crippen LogP contribution in [0.5, 0.6) is 0 Å². The highest BCUT2D eigenvalue weighted by Gasteiger charge is 2.36. The largest absolute Gasteiger partial charge is 0.393 e. The molecule has 3 nitrogen and oxygen atoms in total. The normalized spacial score (nSPS) is 42.7. The van der Waals surface area contributed by atoms with Crippen molar-refractivity contribution in [1.82, 2.24) is 9.80 Å². The molecule has 0 spiro atoms. The number of nitrogens with zero attached hydrogens (tertiary/aromatic N) is 2. The summed E-state index contributed by atoms with van der Waals surface area (Å²) in [5, 5.41) is 10.4. The Bertz CT molecular complexity index is 335. The van der Waals surface area contributed by atoms with Crippen molar-refractivity contribution in [2.45, 2.75) is 77.0 Å². The van der Waals surface area contributed by atoms with E-state index < -0.39 is 0 Å². The van der Waals surface area contributed by atoms with Crippen LogP contribution in [0.15, 0.2) is 0 Å². The molecule has 3 heteroatoms. The Morgan fingerprint density at radius 1 is 1.10 bits per heavy atom. The van der Waals surface area contributed by atoms with Crippen LogP contribution < -0.4 is 0 Å². The number of aliphatic hydroxyl groups excluding tert-OH is 1. The van der Waals surface area contributed by atoms with E-state index in [0.717, 1.165) is 24.9 Å². The van der Waals surface area contributed by atoms with Crippen molar-refractivity contribution in [3.8, 4) is 0 Å². The lowest BCUT2D eigenvalue weighted by atomic mass is 9.78. The van der Waals surface area contributed by atoms with Crippen LogP contribution in [-0.4, -0.2) is 59.3 Å². The molecule has 0 aromatic heterocycles. The summed E-state index contributed by atoms with van der Waals surface area (Å²) in [5.74, 6) is 1.37. The monoisotopic (exact) mass is 294 g/mol. The molecule has 0 amide bonds. The maximum Gasteiger partial charge on any atom is 0.0580 e. The van der Waals surface area contributed by atoms with Crippen molar-refractivity contribution in [2.24, 2.45) is 11.8 Å². The van der Waals surface area contributed by atoms with E-state index >= 15 is 0 Å². The van der Waals surface area contributed by atoms with Gasteiger partial charge in [0.2, 0.25) is 0 Å². The first-order valence-corrected chi connectivity index (χ1v) is 9.33. The second-order valence-corrected chi connectivity index (χ2v) is 7.86. The number of hydrogen-bond donors (Lipinski definition) is 1. The van der Waals surface area contributed by atoms with Gasteiger partial charge in [0.25, 0.3) is 0 Å². The molecular formula is C18H34N2O. The van der Waals surface area contributed by atoms with E-state index in [9.17, 15) is 5.11 Å². The lowest BCUT2D eigenvalue weighted by Gasteiger charge is -2.49. The zero-order valence-electron chi connectivity index (χ0n) is 14.0. The zero-order chi connectivity index (χ0) is 14.8. The Balaban J connectivity index is 1.58. The fourth-order valence-corrected chi connectivity index (χ4v) is 4.88. The average Bonchev–Trinajstić information content (AvgIpc) is 2.50. The minimum Gasteiger partial charge on any atom is -0.393 e. The van der Waals surface area contributed by atoms with Gasteiger partial charge in [0.05, 0.1) is 6.10 Å². The summed E-state index contributed by atoms with van der Waals surface area (Å²) in [6, 6.07) is 1.45. The second-order valence-electron chi connectivity index (χ2n) is 7.86. The van der Waals surface area contributed by atoms with Crippen molar-refractivity contribution >= 4 is 0 Å². The molecule has 0 aromatic rings. The molecule has 3 rings (SSSR count). The van der Waals surface area contributed by atoms with Gasteiger partial charge in [-0.1, -0.05) is 19.8 Å². The molecule has 1 saturated carbocycles. The third kappa shape index (κ3) is 3.62. The summed E-state index contributed by atoms with van der Waals surface area (Å²) < 4.78 is 0. The van der Waals surface area contributed by atoms with E-state index in [-0.39, 0.29) is 6.10 Å². The van der Waals surface area contributed by atoms with Gasteiger partial charge in [-0.2, -0.15) is 0 Å². The highest BCUT2D eigenvalue weighted by Crippen LogP contribution is 2.33. The molecule has 5 unspecified atom stereocenters. The van der Waals surface area contributed by atoms with Gasteiger partial charge < -0.3 is 5.11 Å². The molecular weight excluding hydrogens is 260 g/mol. The van der Waals surface area contributed by atoms with Crippen LogP contribution in [0.25, 0.3) is 0 Å². The van der Waals surface area contributed by atoms with Gasteiger partial charge in [0, 0.05) is 31.7 Å². The molecule has 1 N–H and O–H groups in total. The minimum atomic E-state index is -0.0515. The third-order valence-corrected chi connectivity index (χ3v) is 6.41. The highest BCUT2D eigenvalue weighted by atomic mass is 16.3. The molecule has 122 valence electrons. The quantitative estimate of drug-likeness (QED) is 0.867. The van der Waals surface area contributed by atoms with Crippen molar-refractivity contribution in [3.05, 3.63) is 0 Å². The summed E-state index contributed by atoms with van der Waals surface area (Å²) in [4.78, 5) is 5.41. The number of fused-ring (bicyclic) bond motifs is 1. The maximum atomic E-state index is 10.4. The smallest absolute Gasteiger partial charge is 0.0580 e. The van der Waals surface area contributed by atoms with Crippen LogP contribution >= 0.6 is 0 Å². The van der Waals surface area contributed by atoms with Crippen molar-refractivity contribution in [2.75, 3.05) is 26.2 Å². The molecule has 2 saturated heterocycles. The van der Waals surface area contributed by atoms with Gasteiger partial charge in [-0.25, -0.2) is 0 Å². The molecule has 3 aliphatic rings. The number of hydrogen-bond acceptors (Lipinski definition) is 3. The van der Waals surface area contributed by atoms with E-state index in [1.165, 1.54) is 58.2 Å². The van der Waals surface area contributed by atoms with Gasteiger partial charge in [0.1, 0.15) is 0 Å². The Labute approximate surface area is 130 Å². The first-order chi connectivity index (χ1) is 10.2. The molecule has 3 fully saturated rings. The predicted molar refractivity (Wildman–Crippen MR) is 87.4 cm³/mol. The molecule has 0 bridgehead atoms. The first kappa shape index (κ1) is 15.8. The van der Waals surface area contributed by atoms with E-state index in [1.807, 2.05) is 0 Å². The minimum absolute atomic E-state index is 0.0515. The lowest BCUT2D eigenvalue weighted by molar-refractivity contribution is -0.0239. The number of rotatable bonds is 3. The topological polar surface area (TPSA) is 26.7 Å². The van der Waals surface area contributed by atoms with Crippen LogP contribution in [0.1, 0.15) is 58.8 Å². The summed E-state index contributed by atoms with van der Waals surface area (Å²) in [6.07, 6.45) is 8.93. The Morgan fingerprint density at radius 2 is 1.95 bits per heavy atom. The summed E-state index contributed by atoms with van der Waals surface area (Å²) in [6.45, 7) is 9.61. The molecule has 1 aliphatic carbocycles. The Kier molecular flexibility index (Phi) is 5.23. The Hall–Kier alpha value is -0.120. The van der Waals surface area contributed by atoms with Crippen LogP contribution in [-0.2, 0) is 0 Å². The van der Waals surface area contributed by atoms with Gasteiger partial charge in [-0.3, -0.25) is 9.80 Å². The first-order valence-electron chi connectivity index (χ1n) is 9.33. The molecule has 21 heavy (non-hydrogen) atoms. The van der Waals surface area contributed by atoms with Gasteiger partial charge >= 0.3 is 0 Å². The van der Waals surface area contributed by atoms with Crippen LogP contribution in [0, 0.1) is 11.8 Å². The third-order valence-electron chi connectivity index (χ3n) is 6.41. The Morgan fingerprint density at radius 3 is 2.76 bits per heavy atom. The number of piperazine rings is 1. The molecule has 2 aliphatic heterocycles. The highest BCUT2D eigenvalue weighted by molar-refractivity contribution is 4.91. The molecule has 5 atom stereocenters. The van der Waals surface area contributed by atoms with Crippen molar-refractivity contribution in [3.63, 3.8) is 0 Å². The van der Waals surface area contributed by atoms with Gasteiger partial charge in [0.15, 0.2) is 0 Å². The number of aliphatic hydroxyl groups is 1. The predicted octanol–water partition coefficient (Wildman–Crippen LogP) is 2.73. The van der Waals surface area contributed by atoms with E-state index in [0.29, 0.717) is 12.0 Å². The molecule has 2 heterocycles. The SMILES string of the molecule is CCC1CCC(O)C(CN2CC3CCCCN3CC2C)C1. The fourth-order valence-electron chi connectivity index (χ4n) is 4.88. The van der Waals surface area contributed by atoms with Crippen molar-refractivity contribution in [1.29, 1.82) is 0 Å². The van der Waals surface area contributed by atoms with E-state index in [2.05, 4.69) is 23.6 Å². The molecule has 0 radical (unpaired) electrons. The summed E-state index contributed by atoms with van der Waals surface area (Å²) in [5.41, 5.74) is 0. The van der Waals surface area contributed by atoms with Crippen LogP contribution in [0.4, 0.5) is 0 Å².